The summed E-state index contributed by atoms with van der Waals surface area (Å²) < 4.78 is 19.9. The number of rotatable bonds is 7. The molecule has 3 heterocycles. The lowest BCUT2D eigenvalue weighted by atomic mass is 9.76. The maximum Gasteiger partial charge on any atom is 0.312 e. The topological polar surface area (TPSA) is 134 Å². The van der Waals surface area contributed by atoms with Gasteiger partial charge >= 0.3 is 11.8 Å². The van der Waals surface area contributed by atoms with Crippen LogP contribution in [-0.2, 0) is 33.0 Å². The van der Waals surface area contributed by atoms with Gasteiger partial charge in [-0.15, -0.1) is 0 Å². The van der Waals surface area contributed by atoms with Crippen molar-refractivity contribution >= 4 is 17.7 Å². The summed E-state index contributed by atoms with van der Waals surface area (Å²) in [7, 11) is 4.52. The minimum absolute atomic E-state index is 0.0212. The molecular weight excluding hydrogens is 509 g/mol. The summed E-state index contributed by atoms with van der Waals surface area (Å²) in [5.74, 6) is -3.12. The third kappa shape index (κ3) is 5.25. The second kappa shape index (κ2) is 11.1. The molecule has 0 unspecified atom stereocenters. The third-order valence-corrected chi connectivity index (χ3v) is 7.93. The number of aromatic hydroxyl groups is 1. The quantitative estimate of drug-likeness (QED) is 0.503. The molecule has 1 aromatic carbocycles. The number of aryl methyl sites for hydroxylation is 1. The highest BCUT2D eigenvalue weighted by molar-refractivity contribution is 6.34. The number of nitrogens with one attached hydrogen (secondary N) is 1. The first-order chi connectivity index (χ1) is 18.5. The Hall–Kier alpha value is -3.80. The van der Waals surface area contributed by atoms with Crippen molar-refractivity contribution in [3.63, 3.8) is 0 Å². The molecule has 1 aliphatic carbocycles. The lowest BCUT2D eigenvalue weighted by Crippen LogP contribution is -2.54. The van der Waals surface area contributed by atoms with E-state index in [-0.39, 0.29) is 43.8 Å². The smallest absolute Gasteiger partial charge is 0.312 e. The van der Waals surface area contributed by atoms with Crippen LogP contribution in [0.4, 0.5) is 4.39 Å². The molecule has 0 atom stereocenters. The number of carbonyl (C=O) groups is 3. The molecular formula is C27H34FN5O6. The van der Waals surface area contributed by atoms with E-state index in [0.717, 1.165) is 0 Å². The summed E-state index contributed by atoms with van der Waals surface area (Å²) in [6.07, 6.45) is 2.25. The molecule has 12 heteroatoms. The fraction of sp³-hybridized carbons (Fsp3) is 0.519. The summed E-state index contributed by atoms with van der Waals surface area (Å²) in [6.45, 7) is 2.41. The SMILES string of the molecule is COCCN(C)C(=O)C(=O)N(C)C12CCC(CC1)Cn1c2nc(C(=O)NCc2ccc(F)c(C)c2)c(O)c1=O. The lowest BCUT2D eigenvalue weighted by molar-refractivity contribution is -0.155. The van der Waals surface area contributed by atoms with Crippen LogP contribution >= 0.6 is 0 Å². The van der Waals surface area contributed by atoms with E-state index in [4.69, 9.17) is 4.74 Å². The molecule has 0 radical (unpaired) electrons. The molecule has 5 rings (SSSR count). The standard InChI is InChI=1S/C27H34FN5O6/c1-16-13-18(5-6-19(16)28)14-29-22(35)20-21(34)23(36)33-15-17-7-9-27(10-8-17,26(33)30-20)32(3)25(38)24(37)31(2)11-12-39-4/h5-6,13,17,34H,7-12,14-15H2,1-4H3,(H,29,35). The van der Waals surface area contributed by atoms with E-state index in [2.05, 4.69) is 10.3 Å². The number of carbonyl (C=O) groups excluding carboxylic acids is 3. The normalized spacial score (nSPS) is 19.7. The fourth-order valence-electron chi connectivity index (χ4n) is 5.45. The molecule has 11 nitrogen and oxygen atoms in total. The second-order valence-electron chi connectivity index (χ2n) is 10.4. The van der Waals surface area contributed by atoms with Crippen molar-refractivity contribution < 1.29 is 28.6 Å². The molecule has 1 fully saturated rings. The van der Waals surface area contributed by atoms with Crippen LogP contribution in [0, 0.1) is 18.7 Å². The van der Waals surface area contributed by atoms with E-state index >= 15 is 0 Å². The molecule has 0 saturated heterocycles. The van der Waals surface area contributed by atoms with Crippen LogP contribution in [0.1, 0.15) is 53.1 Å². The molecule has 2 N–H and O–H groups in total. The van der Waals surface area contributed by atoms with E-state index in [0.29, 0.717) is 36.8 Å². The Morgan fingerprint density at radius 1 is 1.23 bits per heavy atom. The Balaban J connectivity index is 1.69. The van der Waals surface area contributed by atoms with Gasteiger partial charge < -0.3 is 25.0 Å². The Morgan fingerprint density at radius 2 is 1.92 bits per heavy atom. The van der Waals surface area contributed by atoms with Crippen LogP contribution in [0.2, 0.25) is 0 Å². The Morgan fingerprint density at radius 3 is 2.56 bits per heavy atom. The van der Waals surface area contributed by atoms with Crippen molar-refractivity contribution in [3.8, 4) is 5.75 Å². The zero-order valence-corrected chi connectivity index (χ0v) is 22.6. The van der Waals surface area contributed by atoms with Gasteiger partial charge in [-0.1, -0.05) is 12.1 Å². The molecule has 3 aliphatic rings. The van der Waals surface area contributed by atoms with E-state index in [1.165, 1.54) is 47.7 Å². The minimum Gasteiger partial charge on any atom is -0.501 e. The zero-order valence-electron chi connectivity index (χ0n) is 22.6. The fourth-order valence-corrected chi connectivity index (χ4v) is 5.45. The van der Waals surface area contributed by atoms with Gasteiger partial charge in [-0.25, -0.2) is 9.37 Å². The maximum atomic E-state index is 13.6. The Kier molecular flexibility index (Phi) is 8.05. The number of benzene rings is 1. The number of amides is 3. The maximum absolute atomic E-state index is 13.6. The molecule has 2 aliphatic heterocycles. The summed E-state index contributed by atoms with van der Waals surface area (Å²) in [6, 6.07) is 4.41. The summed E-state index contributed by atoms with van der Waals surface area (Å²) in [5.41, 5.74) is -1.30. The van der Waals surface area contributed by atoms with Gasteiger partial charge in [0, 0.05) is 40.8 Å². The summed E-state index contributed by atoms with van der Waals surface area (Å²) in [5, 5.41) is 13.3. The van der Waals surface area contributed by atoms with Gasteiger partial charge in [0.25, 0.3) is 11.5 Å². The largest absolute Gasteiger partial charge is 0.501 e. The van der Waals surface area contributed by atoms with Gasteiger partial charge in [0.15, 0.2) is 5.69 Å². The molecule has 1 aromatic heterocycles. The average molecular weight is 544 g/mol. The van der Waals surface area contributed by atoms with E-state index in [1.807, 2.05) is 0 Å². The van der Waals surface area contributed by atoms with Crippen LogP contribution < -0.4 is 10.9 Å². The van der Waals surface area contributed by atoms with Crippen LogP contribution in [0.15, 0.2) is 23.0 Å². The predicted molar refractivity (Wildman–Crippen MR) is 138 cm³/mol. The highest BCUT2D eigenvalue weighted by atomic mass is 19.1. The molecule has 3 amide bonds. The number of halogens is 1. The first-order valence-corrected chi connectivity index (χ1v) is 12.9. The highest BCUT2D eigenvalue weighted by Gasteiger charge is 2.50. The lowest BCUT2D eigenvalue weighted by Gasteiger charge is -2.43. The van der Waals surface area contributed by atoms with Crippen molar-refractivity contribution in [3.05, 3.63) is 57.0 Å². The van der Waals surface area contributed by atoms with Gasteiger partial charge in [0.05, 0.1) is 6.61 Å². The highest BCUT2D eigenvalue weighted by Crippen LogP contribution is 2.46. The second-order valence-corrected chi connectivity index (χ2v) is 10.4. The number of hydrogen-bond acceptors (Lipinski definition) is 7. The summed E-state index contributed by atoms with van der Waals surface area (Å²) >= 11 is 0. The van der Waals surface area contributed by atoms with Gasteiger partial charge in [-0.3, -0.25) is 23.7 Å². The number of fused-ring (bicyclic) bond motifs is 2. The average Bonchev–Trinajstić information content (AvgIpc) is 3.20. The van der Waals surface area contributed by atoms with Gasteiger partial charge in [-0.2, -0.15) is 0 Å². The van der Waals surface area contributed by atoms with Gasteiger partial charge in [0.1, 0.15) is 17.2 Å². The van der Waals surface area contributed by atoms with Crippen LogP contribution in [-0.4, -0.2) is 76.5 Å². The zero-order chi connectivity index (χ0) is 28.5. The minimum atomic E-state index is -1.11. The molecule has 1 saturated carbocycles. The van der Waals surface area contributed by atoms with Crippen LogP contribution in [0.3, 0.4) is 0 Å². The first-order valence-electron chi connectivity index (χ1n) is 12.9. The van der Waals surface area contributed by atoms with Crippen LogP contribution in [0.25, 0.3) is 0 Å². The molecule has 2 aromatic rings. The van der Waals surface area contributed by atoms with Gasteiger partial charge in [0.2, 0.25) is 5.75 Å². The monoisotopic (exact) mass is 543 g/mol. The van der Waals surface area contributed by atoms with Crippen molar-refractivity contribution in [2.24, 2.45) is 5.92 Å². The number of aromatic nitrogens is 2. The third-order valence-electron chi connectivity index (χ3n) is 7.93. The van der Waals surface area contributed by atoms with Crippen molar-refractivity contribution in [2.45, 2.75) is 51.2 Å². The molecule has 2 bridgehead atoms. The van der Waals surface area contributed by atoms with Crippen molar-refractivity contribution in [2.75, 3.05) is 34.4 Å². The van der Waals surface area contributed by atoms with Crippen LogP contribution in [0.5, 0.6) is 5.75 Å². The van der Waals surface area contributed by atoms with Gasteiger partial charge in [-0.05, 0) is 55.7 Å². The molecule has 0 spiro atoms. The molecule has 39 heavy (non-hydrogen) atoms. The Labute approximate surface area is 225 Å². The number of hydrogen-bond donors (Lipinski definition) is 2. The van der Waals surface area contributed by atoms with Crippen molar-refractivity contribution in [1.29, 1.82) is 0 Å². The number of ether oxygens (including phenoxy) is 1. The number of nitrogens with zero attached hydrogens (tertiary/aromatic N) is 4. The van der Waals surface area contributed by atoms with E-state index in [1.54, 1.807) is 13.0 Å². The predicted octanol–water partition coefficient (Wildman–Crippen LogP) is 1.29. The number of methoxy groups -OCH3 is 1. The number of likely N-dealkylation sites (N-methyl/N-ethyl adjacent to an activating group) is 2. The Bertz CT molecular complexity index is 1350. The first kappa shape index (κ1) is 28.2. The van der Waals surface area contributed by atoms with E-state index < -0.39 is 40.3 Å². The van der Waals surface area contributed by atoms with E-state index in [9.17, 15) is 28.7 Å². The van der Waals surface area contributed by atoms with Crippen molar-refractivity contribution in [1.82, 2.24) is 24.7 Å². The summed E-state index contributed by atoms with van der Waals surface area (Å²) in [4.78, 5) is 59.8. The molecule has 210 valence electrons.